The van der Waals surface area contributed by atoms with Gasteiger partial charge in [-0.1, -0.05) is 18.2 Å². The van der Waals surface area contributed by atoms with Crippen molar-refractivity contribution < 1.29 is 17.6 Å². The molecule has 6 heteroatoms. The molecule has 4 nitrogen and oxygen atoms in total. The molecule has 0 saturated carbocycles. The molecule has 1 N–H and O–H groups in total. The number of carbonyl (C=O) groups is 1. The normalized spacial score (nSPS) is 11.2. The molecule has 0 atom stereocenters. The van der Waals surface area contributed by atoms with E-state index in [1.807, 2.05) is 0 Å². The SMILES string of the molecule is Cc1ccc(F)cc1NC(=O)c1cccc(CS(C)(=O)=O)c1. The van der Waals surface area contributed by atoms with Gasteiger partial charge in [0, 0.05) is 17.5 Å². The van der Waals surface area contributed by atoms with E-state index in [2.05, 4.69) is 5.32 Å². The lowest BCUT2D eigenvalue weighted by Crippen LogP contribution is -2.13. The quantitative estimate of drug-likeness (QED) is 0.942. The zero-order valence-electron chi connectivity index (χ0n) is 12.3. The maximum Gasteiger partial charge on any atom is 0.255 e. The van der Waals surface area contributed by atoms with E-state index in [4.69, 9.17) is 0 Å². The number of carbonyl (C=O) groups excluding carboxylic acids is 1. The van der Waals surface area contributed by atoms with Gasteiger partial charge in [0.1, 0.15) is 5.82 Å². The van der Waals surface area contributed by atoms with Crippen LogP contribution in [0.4, 0.5) is 10.1 Å². The third-order valence-corrected chi connectivity index (χ3v) is 3.92. The highest BCUT2D eigenvalue weighted by Crippen LogP contribution is 2.17. The fourth-order valence-electron chi connectivity index (χ4n) is 2.03. The second kappa shape index (κ2) is 6.27. The molecule has 0 aromatic heterocycles. The maximum atomic E-state index is 13.2. The molecular weight excluding hydrogens is 305 g/mol. The number of hydrogen-bond donors (Lipinski definition) is 1. The molecule has 0 fully saturated rings. The van der Waals surface area contributed by atoms with Gasteiger partial charge in [-0.3, -0.25) is 4.79 Å². The third-order valence-electron chi connectivity index (χ3n) is 3.07. The van der Waals surface area contributed by atoms with Crippen LogP contribution in [0.25, 0.3) is 0 Å². The minimum Gasteiger partial charge on any atom is -0.322 e. The molecule has 0 aliphatic rings. The molecule has 0 bridgehead atoms. The Morgan fingerprint density at radius 2 is 1.91 bits per heavy atom. The lowest BCUT2D eigenvalue weighted by molar-refractivity contribution is 0.102. The van der Waals surface area contributed by atoms with Crippen molar-refractivity contribution >= 4 is 21.4 Å². The van der Waals surface area contributed by atoms with Crippen LogP contribution in [0.3, 0.4) is 0 Å². The largest absolute Gasteiger partial charge is 0.322 e. The van der Waals surface area contributed by atoms with Crippen molar-refractivity contribution in [3.05, 3.63) is 65.0 Å². The number of anilines is 1. The van der Waals surface area contributed by atoms with E-state index in [0.717, 1.165) is 11.8 Å². The highest BCUT2D eigenvalue weighted by atomic mass is 32.2. The van der Waals surface area contributed by atoms with Crippen LogP contribution >= 0.6 is 0 Å². The van der Waals surface area contributed by atoms with Crippen molar-refractivity contribution in [2.75, 3.05) is 11.6 Å². The Labute approximate surface area is 128 Å². The Bertz CT molecular complexity index is 816. The highest BCUT2D eigenvalue weighted by Gasteiger charge is 2.11. The molecule has 0 aliphatic carbocycles. The number of nitrogens with one attached hydrogen (secondary N) is 1. The number of rotatable bonds is 4. The molecule has 0 heterocycles. The zero-order chi connectivity index (χ0) is 16.3. The topological polar surface area (TPSA) is 63.2 Å². The summed E-state index contributed by atoms with van der Waals surface area (Å²) in [6.45, 7) is 1.76. The summed E-state index contributed by atoms with van der Waals surface area (Å²) in [5.41, 5.74) is 1.98. The van der Waals surface area contributed by atoms with Gasteiger partial charge in [-0.05, 0) is 42.3 Å². The maximum absolute atomic E-state index is 13.2. The minimum absolute atomic E-state index is 0.132. The standard InChI is InChI=1S/C16H16FNO3S/c1-11-6-7-14(17)9-15(11)18-16(19)13-5-3-4-12(8-13)10-22(2,20)21/h3-9H,10H2,1-2H3,(H,18,19). The van der Waals surface area contributed by atoms with Crippen LogP contribution in [0.1, 0.15) is 21.5 Å². The number of sulfone groups is 1. The summed E-state index contributed by atoms with van der Waals surface area (Å²) in [5, 5.41) is 2.63. The first-order valence-electron chi connectivity index (χ1n) is 6.59. The van der Waals surface area contributed by atoms with Crippen LogP contribution in [-0.4, -0.2) is 20.6 Å². The predicted molar refractivity (Wildman–Crippen MR) is 84.1 cm³/mol. The van der Waals surface area contributed by atoms with Crippen LogP contribution in [-0.2, 0) is 15.6 Å². The predicted octanol–water partition coefficient (Wildman–Crippen LogP) is 2.93. The summed E-state index contributed by atoms with van der Waals surface area (Å²) < 4.78 is 35.9. The molecule has 0 saturated heterocycles. The zero-order valence-corrected chi connectivity index (χ0v) is 13.1. The van der Waals surface area contributed by atoms with E-state index in [1.165, 1.54) is 18.2 Å². The third kappa shape index (κ3) is 4.39. The van der Waals surface area contributed by atoms with E-state index >= 15 is 0 Å². The summed E-state index contributed by atoms with van der Waals surface area (Å²) in [6.07, 6.45) is 1.13. The van der Waals surface area contributed by atoms with Gasteiger partial charge in [-0.2, -0.15) is 0 Å². The first kappa shape index (κ1) is 16.2. The van der Waals surface area contributed by atoms with Crippen LogP contribution < -0.4 is 5.32 Å². The summed E-state index contributed by atoms with van der Waals surface area (Å²) in [5.74, 6) is -0.983. The summed E-state index contributed by atoms with van der Waals surface area (Å²) in [4.78, 5) is 12.2. The Balaban J connectivity index is 2.23. The number of halogens is 1. The monoisotopic (exact) mass is 321 g/mol. The van der Waals surface area contributed by atoms with E-state index < -0.39 is 21.6 Å². The minimum atomic E-state index is -3.17. The van der Waals surface area contributed by atoms with E-state index in [1.54, 1.807) is 31.2 Å². The van der Waals surface area contributed by atoms with Gasteiger partial charge in [-0.25, -0.2) is 12.8 Å². The Kier molecular flexibility index (Phi) is 4.61. The van der Waals surface area contributed by atoms with Gasteiger partial charge < -0.3 is 5.32 Å². The first-order valence-corrected chi connectivity index (χ1v) is 8.65. The summed E-state index contributed by atoms with van der Waals surface area (Å²) >= 11 is 0. The van der Waals surface area contributed by atoms with Crippen molar-refractivity contribution in [1.82, 2.24) is 0 Å². The highest BCUT2D eigenvalue weighted by molar-refractivity contribution is 7.89. The van der Waals surface area contributed by atoms with Crippen molar-refractivity contribution in [3.63, 3.8) is 0 Å². The molecule has 0 radical (unpaired) electrons. The van der Waals surface area contributed by atoms with Crippen LogP contribution in [0, 0.1) is 12.7 Å². The number of hydrogen-bond acceptors (Lipinski definition) is 3. The van der Waals surface area contributed by atoms with Crippen molar-refractivity contribution in [1.29, 1.82) is 0 Å². The van der Waals surface area contributed by atoms with Gasteiger partial charge in [0.05, 0.1) is 5.75 Å². The van der Waals surface area contributed by atoms with Crippen molar-refractivity contribution in [3.8, 4) is 0 Å². The van der Waals surface area contributed by atoms with Crippen molar-refractivity contribution in [2.24, 2.45) is 0 Å². The van der Waals surface area contributed by atoms with E-state index in [-0.39, 0.29) is 5.75 Å². The molecule has 0 spiro atoms. The first-order chi connectivity index (χ1) is 10.2. The lowest BCUT2D eigenvalue weighted by atomic mass is 10.1. The second-order valence-corrected chi connectivity index (χ2v) is 7.32. The molecular formula is C16H16FNO3S. The summed E-state index contributed by atoms with van der Waals surface area (Å²) in [7, 11) is -3.17. The van der Waals surface area contributed by atoms with Crippen LogP contribution in [0.2, 0.25) is 0 Å². The number of benzene rings is 2. The molecule has 0 aliphatic heterocycles. The average molecular weight is 321 g/mol. The Morgan fingerprint density at radius 1 is 1.18 bits per heavy atom. The van der Waals surface area contributed by atoms with Gasteiger partial charge in [-0.15, -0.1) is 0 Å². The fourth-order valence-corrected chi connectivity index (χ4v) is 2.81. The van der Waals surface area contributed by atoms with Crippen LogP contribution in [0.15, 0.2) is 42.5 Å². The Morgan fingerprint density at radius 3 is 2.59 bits per heavy atom. The summed E-state index contributed by atoms with van der Waals surface area (Å²) in [6, 6.07) is 10.5. The van der Waals surface area contributed by atoms with Gasteiger partial charge >= 0.3 is 0 Å². The van der Waals surface area contributed by atoms with Crippen LogP contribution in [0.5, 0.6) is 0 Å². The second-order valence-electron chi connectivity index (χ2n) is 5.18. The molecule has 2 rings (SSSR count). The number of amides is 1. The molecule has 2 aromatic carbocycles. The molecule has 0 unspecified atom stereocenters. The molecule has 116 valence electrons. The van der Waals surface area contributed by atoms with Gasteiger partial charge in [0.15, 0.2) is 9.84 Å². The molecule has 2 aromatic rings. The van der Waals surface area contributed by atoms with E-state index in [0.29, 0.717) is 16.8 Å². The smallest absolute Gasteiger partial charge is 0.255 e. The number of aryl methyl sites for hydroxylation is 1. The van der Waals surface area contributed by atoms with Gasteiger partial charge in [0.2, 0.25) is 0 Å². The Hall–Kier alpha value is -2.21. The van der Waals surface area contributed by atoms with E-state index in [9.17, 15) is 17.6 Å². The molecule has 1 amide bonds. The fraction of sp³-hybridized carbons (Fsp3) is 0.188. The molecule has 22 heavy (non-hydrogen) atoms. The van der Waals surface area contributed by atoms with Crippen molar-refractivity contribution in [2.45, 2.75) is 12.7 Å². The lowest BCUT2D eigenvalue weighted by Gasteiger charge is -2.09. The average Bonchev–Trinajstić information content (AvgIpc) is 2.41. The van der Waals surface area contributed by atoms with Gasteiger partial charge in [0.25, 0.3) is 5.91 Å².